The molecule has 5 unspecified atom stereocenters. The maximum absolute atomic E-state index is 13.7. The summed E-state index contributed by atoms with van der Waals surface area (Å²) in [4.78, 5) is 51.5. The summed E-state index contributed by atoms with van der Waals surface area (Å²) in [6.45, 7) is 9.30. The van der Waals surface area contributed by atoms with Gasteiger partial charge in [0, 0.05) is 118 Å². The Morgan fingerprint density at radius 3 is 2.24 bits per heavy atom. The first-order chi connectivity index (χ1) is 30.0. The highest BCUT2D eigenvalue weighted by Gasteiger charge is 2.41. The molecule has 15 heteroatoms. The summed E-state index contributed by atoms with van der Waals surface area (Å²) >= 11 is 0. The van der Waals surface area contributed by atoms with Gasteiger partial charge in [0.15, 0.2) is 5.82 Å². The molecule has 4 aromatic rings. The molecule has 5 aliphatic rings. The molecule has 15 nitrogen and oxygen atoms in total. The Morgan fingerprint density at radius 2 is 1.53 bits per heavy atom. The fourth-order valence-electron chi connectivity index (χ4n) is 10.6. The van der Waals surface area contributed by atoms with Crippen LogP contribution in [0.2, 0.25) is 0 Å². The van der Waals surface area contributed by atoms with Crippen LogP contribution in [-0.4, -0.2) is 132 Å². The molecule has 326 valence electrons. The van der Waals surface area contributed by atoms with Gasteiger partial charge in [0.05, 0.1) is 17.9 Å². The first-order valence-electron chi connectivity index (χ1n) is 22.2. The number of likely N-dealkylation sites (tertiary alicyclic amines) is 1. The normalized spacial score (nSPS) is 24.6. The van der Waals surface area contributed by atoms with Gasteiger partial charge < -0.3 is 40.1 Å². The lowest BCUT2D eigenvalue weighted by molar-refractivity contribution is -0.135. The molecule has 5 aliphatic heterocycles. The molecule has 6 heterocycles. The predicted octanol–water partition coefficient (Wildman–Crippen LogP) is 4.50. The molecule has 62 heavy (non-hydrogen) atoms. The molecular formula is C47H58N10O5. The van der Waals surface area contributed by atoms with Crippen molar-refractivity contribution in [1.82, 2.24) is 25.3 Å². The molecule has 5 atom stereocenters. The summed E-state index contributed by atoms with van der Waals surface area (Å²) in [7, 11) is 1.91. The van der Waals surface area contributed by atoms with E-state index in [9.17, 15) is 19.5 Å². The Kier molecular flexibility index (Phi) is 11.5. The minimum atomic E-state index is -0.385. The molecule has 4 N–H and O–H groups in total. The van der Waals surface area contributed by atoms with E-state index in [2.05, 4.69) is 79.3 Å². The van der Waals surface area contributed by atoms with Crippen LogP contribution in [0.15, 0.2) is 78.9 Å². The van der Waals surface area contributed by atoms with Gasteiger partial charge in [-0.1, -0.05) is 24.3 Å². The molecule has 1 aromatic heterocycles. The predicted molar refractivity (Wildman–Crippen MR) is 241 cm³/mol. The van der Waals surface area contributed by atoms with Gasteiger partial charge in [-0.15, -0.1) is 10.2 Å². The quantitative estimate of drug-likeness (QED) is 0.192. The second-order valence-electron chi connectivity index (χ2n) is 17.8. The van der Waals surface area contributed by atoms with Crippen molar-refractivity contribution in [3.63, 3.8) is 0 Å². The number of nitrogens with two attached hydrogens (primary N) is 1. The van der Waals surface area contributed by atoms with Crippen molar-refractivity contribution >= 4 is 46.3 Å². The Labute approximate surface area is 363 Å². The number of phenolic OH excluding ortho intramolecular Hbond substituents is 1. The number of hydrogen-bond donors (Lipinski definition) is 3. The number of phenols is 1. The molecule has 0 spiro atoms. The average molecular weight is 843 g/mol. The van der Waals surface area contributed by atoms with Crippen LogP contribution in [-0.2, 0) is 14.4 Å². The number of rotatable bonds is 10. The SMILES string of the molecule is CC1CN(CC(=O)N2CCC(Oc3cccc(N4C5CCC4CN(c4cc(-c6ccccc6O)nnc4N)C5)c3)CC2)CC(C)N1c1cccc(N(C)C2CCC(=O)NC2=O)c1. The minimum absolute atomic E-state index is 0.0386. The molecule has 3 aromatic carbocycles. The summed E-state index contributed by atoms with van der Waals surface area (Å²) in [5.74, 6) is 1.11. The highest BCUT2D eigenvalue weighted by Crippen LogP contribution is 2.40. The van der Waals surface area contributed by atoms with E-state index in [-0.39, 0.29) is 47.7 Å². The van der Waals surface area contributed by atoms with Crippen molar-refractivity contribution in [2.45, 2.75) is 88.7 Å². The van der Waals surface area contributed by atoms with Crippen molar-refractivity contribution in [2.75, 3.05) is 78.2 Å². The first kappa shape index (κ1) is 41.3. The zero-order valence-corrected chi connectivity index (χ0v) is 35.9. The molecule has 0 aliphatic carbocycles. The van der Waals surface area contributed by atoms with Gasteiger partial charge >= 0.3 is 0 Å². The van der Waals surface area contributed by atoms with Crippen LogP contribution in [0, 0.1) is 0 Å². The number of hydrogen-bond acceptors (Lipinski definition) is 13. The maximum atomic E-state index is 13.7. The standard InChI is InChI=1S/C47H58N10O5/c1-30-25-53(26-31(2)56(30)33-9-6-8-32(22-33)52(3)41-16-17-44(59)49-47(41)61)29-45(60)54-20-18-37(19-21-54)62-38-11-7-10-34(23-38)57-35-14-15-36(57)28-55(27-35)42-24-40(50-51-46(42)48)39-12-4-5-13-43(39)58/h4-13,22-24,30-31,35-37,41,58H,14-21,25-29H2,1-3H3,(H2,48,51)(H,49,59,61). The summed E-state index contributed by atoms with van der Waals surface area (Å²) < 4.78 is 6.60. The van der Waals surface area contributed by atoms with Crippen LogP contribution >= 0.6 is 0 Å². The van der Waals surface area contributed by atoms with Gasteiger partial charge in [-0.3, -0.25) is 24.6 Å². The molecular weight excluding hydrogens is 785 g/mol. The number of carbonyl (C=O) groups excluding carboxylic acids is 3. The molecule has 2 bridgehead atoms. The summed E-state index contributed by atoms with van der Waals surface area (Å²) in [5, 5.41) is 21.5. The van der Waals surface area contributed by atoms with E-state index in [0.29, 0.717) is 61.6 Å². The van der Waals surface area contributed by atoms with Gasteiger partial charge in [0.1, 0.15) is 23.6 Å². The third-order valence-corrected chi connectivity index (χ3v) is 13.6. The number of fused-ring (bicyclic) bond motifs is 2. The third kappa shape index (κ3) is 8.42. The second kappa shape index (κ2) is 17.3. The second-order valence-corrected chi connectivity index (χ2v) is 17.8. The Balaban J connectivity index is 0.761. The van der Waals surface area contributed by atoms with Crippen LogP contribution in [0.4, 0.5) is 28.6 Å². The monoisotopic (exact) mass is 842 g/mol. The zero-order valence-electron chi connectivity index (χ0n) is 35.9. The highest BCUT2D eigenvalue weighted by molar-refractivity contribution is 6.01. The number of imide groups is 1. The number of nitrogen functional groups attached to an aromatic ring is 1. The number of aromatic nitrogens is 2. The first-order valence-corrected chi connectivity index (χ1v) is 22.2. The Morgan fingerprint density at radius 1 is 0.839 bits per heavy atom. The number of likely N-dealkylation sites (N-methyl/N-ethyl adjacent to an activating group) is 1. The number of amides is 3. The lowest BCUT2D eigenvalue weighted by Gasteiger charge is -2.46. The number of carbonyl (C=O) groups is 3. The Hall–Kier alpha value is -6.09. The van der Waals surface area contributed by atoms with Crippen molar-refractivity contribution in [3.05, 3.63) is 78.9 Å². The molecule has 0 saturated carbocycles. The fourth-order valence-corrected chi connectivity index (χ4v) is 10.6. The van der Waals surface area contributed by atoms with E-state index in [1.54, 1.807) is 12.1 Å². The zero-order chi connectivity index (χ0) is 43.1. The van der Waals surface area contributed by atoms with E-state index < -0.39 is 0 Å². The Bertz CT molecular complexity index is 2280. The van der Waals surface area contributed by atoms with Gasteiger partial charge in [-0.25, -0.2) is 0 Å². The van der Waals surface area contributed by atoms with Gasteiger partial charge in [-0.05, 0) is 81.6 Å². The van der Waals surface area contributed by atoms with E-state index in [1.165, 1.54) is 0 Å². The van der Waals surface area contributed by atoms with Crippen LogP contribution in [0.1, 0.15) is 52.4 Å². The van der Waals surface area contributed by atoms with Crippen LogP contribution in [0.5, 0.6) is 11.5 Å². The number of piperidine rings is 2. The molecule has 0 radical (unpaired) electrons. The molecule has 5 fully saturated rings. The van der Waals surface area contributed by atoms with Gasteiger partial charge in [-0.2, -0.15) is 0 Å². The van der Waals surface area contributed by atoms with Gasteiger partial charge in [0.25, 0.3) is 0 Å². The van der Waals surface area contributed by atoms with Crippen molar-refractivity contribution in [1.29, 1.82) is 0 Å². The lowest BCUT2D eigenvalue weighted by Crippen LogP contribution is -2.59. The molecule has 9 rings (SSSR count). The summed E-state index contributed by atoms with van der Waals surface area (Å²) in [5.41, 5.74) is 11.6. The van der Waals surface area contributed by atoms with E-state index in [4.69, 9.17) is 10.5 Å². The average Bonchev–Trinajstić information content (AvgIpc) is 3.52. The number of aromatic hydroxyl groups is 1. The fraction of sp³-hybridized carbons (Fsp3) is 0.468. The largest absolute Gasteiger partial charge is 0.507 e. The van der Waals surface area contributed by atoms with Crippen LogP contribution in [0.3, 0.4) is 0 Å². The number of nitrogens with zero attached hydrogens (tertiary/aromatic N) is 8. The topological polar surface area (TPSA) is 164 Å². The van der Waals surface area contributed by atoms with E-state index in [0.717, 1.165) is 80.4 Å². The van der Waals surface area contributed by atoms with Crippen molar-refractivity contribution in [3.8, 4) is 22.8 Å². The maximum Gasteiger partial charge on any atom is 0.249 e. The molecule has 5 saturated heterocycles. The van der Waals surface area contributed by atoms with Gasteiger partial charge in [0.2, 0.25) is 17.7 Å². The number of anilines is 5. The number of nitrogens with one attached hydrogen (secondary N) is 1. The smallest absolute Gasteiger partial charge is 0.249 e. The third-order valence-electron chi connectivity index (χ3n) is 13.6. The van der Waals surface area contributed by atoms with Crippen molar-refractivity contribution in [2.24, 2.45) is 0 Å². The number of piperazine rings is 2. The van der Waals surface area contributed by atoms with Crippen molar-refractivity contribution < 1.29 is 24.2 Å². The summed E-state index contributed by atoms with van der Waals surface area (Å²) in [6, 6.07) is 26.4. The number of ether oxygens (including phenoxy) is 1. The molecule has 3 amide bonds. The van der Waals surface area contributed by atoms with Crippen LogP contribution in [0.25, 0.3) is 11.3 Å². The highest BCUT2D eigenvalue weighted by atomic mass is 16.5. The van der Waals surface area contributed by atoms with E-state index >= 15 is 0 Å². The summed E-state index contributed by atoms with van der Waals surface area (Å²) in [6.07, 6.45) is 4.61. The van der Waals surface area contributed by atoms with E-state index in [1.807, 2.05) is 53.2 Å². The lowest BCUT2D eigenvalue weighted by atomic mass is 10.0. The number of para-hydroxylation sites is 1. The number of benzene rings is 3. The van der Waals surface area contributed by atoms with Crippen LogP contribution < -0.4 is 35.4 Å². The minimum Gasteiger partial charge on any atom is -0.507 e.